The monoisotopic (exact) mass is 447 g/mol. The van der Waals surface area contributed by atoms with Gasteiger partial charge in [0.05, 0.1) is 16.6 Å². The molecule has 0 radical (unpaired) electrons. The lowest BCUT2D eigenvalue weighted by atomic mass is 9.94. The highest BCUT2D eigenvalue weighted by Gasteiger charge is 2.35. The van der Waals surface area contributed by atoms with Crippen molar-refractivity contribution in [2.75, 3.05) is 19.7 Å². The van der Waals surface area contributed by atoms with Crippen molar-refractivity contribution in [3.8, 4) is 0 Å². The minimum Gasteiger partial charge on any atom is -0.444 e. The highest BCUT2D eigenvalue weighted by atomic mass is 35.5. The van der Waals surface area contributed by atoms with Crippen LogP contribution in [0.1, 0.15) is 39.0 Å². The van der Waals surface area contributed by atoms with Crippen molar-refractivity contribution in [1.82, 2.24) is 14.6 Å². The first-order valence-electron chi connectivity index (χ1n) is 10.3. The molecule has 3 heterocycles. The van der Waals surface area contributed by atoms with Gasteiger partial charge < -0.3 is 23.8 Å². The van der Waals surface area contributed by atoms with Gasteiger partial charge in [-0.2, -0.15) is 0 Å². The fourth-order valence-electron chi connectivity index (χ4n) is 4.30. The molecule has 1 aromatic carbocycles. The average molecular weight is 448 g/mol. The van der Waals surface area contributed by atoms with E-state index in [4.69, 9.17) is 20.9 Å². The van der Waals surface area contributed by atoms with E-state index in [0.717, 1.165) is 0 Å². The number of amides is 1. The topological polar surface area (TPSA) is 97.8 Å². The molecule has 2 unspecified atom stereocenters. The second kappa shape index (κ2) is 7.84. The SMILES string of the molecule is Cc1onc2c1c(=O)n(C1CC(CO)CN(C(=O)OC(C)(C)C)C1)c1cccc(Cl)c21. The summed E-state index contributed by atoms with van der Waals surface area (Å²) in [7, 11) is 0. The summed E-state index contributed by atoms with van der Waals surface area (Å²) in [6.45, 7) is 7.65. The number of likely N-dealkylation sites (tertiary alicyclic amines) is 1. The summed E-state index contributed by atoms with van der Waals surface area (Å²) in [6.07, 6.45) is 0.0703. The zero-order valence-electron chi connectivity index (χ0n) is 18.0. The van der Waals surface area contributed by atoms with Crippen molar-refractivity contribution >= 4 is 39.5 Å². The van der Waals surface area contributed by atoms with Crippen LogP contribution in [0.3, 0.4) is 0 Å². The van der Waals surface area contributed by atoms with Crippen molar-refractivity contribution < 1.29 is 19.2 Å². The van der Waals surface area contributed by atoms with Gasteiger partial charge in [0.2, 0.25) is 0 Å². The summed E-state index contributed by atoms with van der Waals surface area (Å²) >= 11 is 6.49. The Morgan fingerprint density at radius 2 is 2.06 bits per heavy atom. The average Bonchev–Trinajstić information content (AvgIpc) is 3.08. The third-order valence-electron chi connectivity index (χ3n) is 5.57. The lowest BCUT2D eigenvalue weighted by Crippen LogP contribution is -2.48. The van der Waals surface area contributed by atoms with Crippen LogP contribution in [0, 0.1) is 12.8 Å². The van der Waals surface area contributed by atoms with E-state index in [1.165, 1.54) is 0 Å². The van der Waals surface area contributed by atoms with E-state index in [9.17, 15) is 14.7 Å². The van der Waals surface area contributed by atoms with E-state index in [0.29, 0.717) is 45.6 Å². The highest BCUT2D eigenvalue weighted by Crippen LogP contribution is 2.34. The van der Waals surface area contributed by atoms with Crippen LogP contribution in [0.2, 0.25) is 5.02 Å². The number of aryl methyl sites for hydroxylation is 1. The number of carbonyl (C=O) groups excluding carboxylic acids is 1. The Balaban J connectivity index is 1.87. The number of aromatic nitrogens is 2. The van der Waals surface area contributed by atoms with Gasteiger partial charge in [-0.05, 0) is 46.2 Å². The number of rotatable bonds is 2. The van der Waals surface area contributed by atoms with Gasteiger partial charge in [0, 0.05) is 31.0 Å². The summed E-state index contributed by atoms with van der Waals surface area (Å²) in [5.74, 6) is 0.223. The molecule has 0 bridgehead atoms. The maximum Gasteiger partial charge on any atom is 0.410 e. The molecule has 166 valence electrons. The Bertz CT molecular complexity index is 1210. The van der Waals surface area contributed by atoms with Crippen LogP contribution in [0.4, 0.5) is 4.79 Å². The lowest BCUT2D eigenvalue weighted by Gasteiger charge is -2.38. The van der Waals surface area contributed by atoms with Crippen LogP contribution >= 0.6 is 11.6 Å². The Morgan fingerprint density at radius 1 is 1.32 bits per heavy atom. The Morgan fingerprint density at radius 3 is 2.74 bits per heavy atom. The van der Waals surface area contributed by atoms with Gasteiger partial charge in [-0.15, -0.1) is 0 Å². The quantitative estimate of drug-likeness (QED) is 0.639. The minimum atomic E-state index is -0.645. The second-order valence-corrected chi connectivity index (χ2v) is 9.50. The Labute approximate surface area is 184 Å². The van der Waals surface area contributed by atoms with E-state index >= 15 is 0 Å². The van der Waals surface area contributed by atoms with Crippen LogP contribution in [0.5, 0.6) is 0 Å². The molecule has 0 spiro atoms. The van der Waals surface area contributed by atoms with Gasteiger partial charge >= 0.3 is 6.09 Å². The maximum absolute atomic E-state index is 13.6. The number of hydrogen-bond acceptors (Lipinski definition) is 6. The second-order valence-electron chi connectivity index (χ2n) is 9.09. The smallest absolute Gasteiger partial charge is 0.410 e. The zero-order valence-corrected chi connectivity index (χ0v) is 18.8. The summed E-state index contributed by atoms with van der Waals surface area (Å²) in [5, 5.41) is 15.4. The molecule has 0 saturated carbocycles. The first-order chi connectivity index (χ1) is 14.6. The molecule has 1 fully saturated rings. The van der Waals surface area contributed by atoms with Crippen LogP contribution < -0.4 is 5.56 Å². The summed E-state index contributed by atoms with van der Waals surface area (Å²) in [6, 6.07) is 4.96. The molecule has 1 saturated heterocycles. The molecule has 31 heavy (non-hydrogen) atoms. The molecule has 0 aliphatic carbocycles. The van der Waals surface area contributed by atoms with Crippen LogP contribution in [-0.4, -0.2) is 51.1 Å². The number of halogens is 1. The number of nitrogens with zero attached hydrogens (tertiary/aromatic N) is 3. The predicted octanol–water partition coefficient (Wildman–Crippen LogP) is 3.89. The maximum atomic E-state index is 13.6. The number of pyridine rings is 1. The largest absolute Gasteiger partial charge is 0.444 e. The van der Waals surface area contributed by atoms with Crippen molar-refractivity contribution in [2.45, 2.75) is 45.8 Å². The molecule has 8 nitrogen and oxygen atoms in total. The normalized spacial score (nSPS) is 19.9. The van der Waals surface area contributed by atoms with E-state index in [-0.39, 0.29) is 30.7 Å². The lowest BCUT2D eigenvalue weighted by molar-refractivity contribution is 0.00616. The van der Waals surface area contributed by atoms with Crippen LogP contribution in [-0.2, 0) is 4.74 Å². The summed E-state index contributed by atoms with van der Waals surface area (Å²) in [4.78, 5) is 27.9. The number of fused-ring (bicyclic) bond motifs is 3. The van der Waals surface area contributed by atoms with Gasteiger partial charge in [-0.1, -0.05) is 22.8 Å². The summed E-state index contributed by atoms with van der Waals surface area (Å²) in [5.41, 5.74) is 0.147. The molecule has 1 aliphatic rings. The van der Waals surface area contributed by atoms with Crippen molar-refractivity contribution in [3.05, 3.63) is 39.3 Å². The fourth-order valence-corrected chi connectivity index (χ4v) is 4.56. The molecule has 4 rings (SSSR count). The van der Waals surface area contributed by atoms with Gasteiger partial charge in [0.25, 0.3) is 5.56 Å². The third-order valence-corrected chi connectivity index (χ3v) is 5.89. The van der Waals surface area contributed by atoms with E-state index in [1.54, 1.807) is 49.3 Å². The number of benzene rings is 1. The van der Waals surface area contributed by atoms with Gasteiger partial charge in [-0.25, -0.2) is 4.79 Å². The molecular formula is C22H26ClN3O5. The van der Waals surface area contributed by atoms with Gasteiger partial charge in [0.1, 0.15) is 22.3 Å². The number of aliphatic hydroxyl groups excluding tert-OH is 1. The zero-order chi connectivity index (χ0) is 22.5. The molecular weight excluding hydrogens is 422 g/mol. The number of piperidine rings is 1. The van der Waals surface area contributed by atoms with Crippen molar-refractivity contribution in [2.24, 2.45) is 5.92 Å². The standard InChI is InChI=1S/C22H26ClN3O5/c1-12-17-19(24-31-12)18-15(23)6-5-7-16(18)26(20(17)28)14-8-13(11-27)9-25(10-14)21(29)30-22(2,3)4/h5-7,13-14,27H,8-11H2,1-4H3. The number of ether oxygens (including phenoxy) is 1. The predicted molar refractivity (Wildman–Crippen MR) is 118 cm³/mol. The Hall–Kier alpha value is -2.58. The molecule has 1 aliphatic heterocycles. The Kier molecular flexibility index (Phi) is 5.47. The van der Waals surface area contributed by atoms with Gasteiger partial charge in [-0.3, -0.25) is 4.79 Å². The molecule has 1 N–H and O–H groups in total. The van der Waals surface area contributed by atoms with Gasteiger partial charge in [0.15, 0.2) is 0 Å². The molecule has 9 heteroatoms. The number of aliphatic hydroxyl groups is 1. The highest BCUT2D eigenvalue weighted by molar-refractivity contribution is 6.37. The van der Waals surface area contributed by atoms with Crippen molar-refractivity contribution in [1.29, 1.82) is 0 Å². The van der Waals surface area contributed by atoms with Crippen LogP contribution in [0.15, 0.2) is 27.5 Å². The first kappa shape index (κ1) is 21.6. The molecule has 2 aromatic heterocycles. The molecule has 1 amide bonds. The number of hydrogen-bond donors (Lipinski definition) is 1. The van der Waals surface area contributed by atoms with E-state index < -0.39 is 11.7 Å². The fraction of sp³-hybridized carbons (Fsp3) is 0.500. The first-order valence-corrected chi connectivity index (χ1v) is 10.7. The summed E-state index contributed by atoms with van der Waals surface area (Å²) < 4.78 is 12.5. The van der Waals surface area contributed by atoms with Crippen LogP contribution in [0.25, 0.3) is 21.8 Å². The minimum absolute atomic E-state index is 0.0994. The van der Waals surface area contributed by atoms with E-state index in [2.05, 4.69) is 5.16 Å². The molecule has 3 aromatic rings. The van der Waals surface area contributed by atoms with E-state index in [1.807, 2.05) is 6.07 Å². The third kappa shape index (κ3) is 3.90. The molecule has 2 atom stereocenters. The number of carbonyl (C=O) groups is 1. The van der Waals surface area contributed by atoms with Crippen molar-refractivity contribution in [3.63, 3.8) is 0 Å².